The summed E-state index contributed by atoms with van der Waals surface area (Å²) in [4.78, 5) is 22.6. The molecule has 7 nitrogen and oxygen atoms in total. The maximum atomic E-state index is 13.3. The number of carbonyl (C=O) groups excluding carboxylic acids is 1. The molecule has 1 fully saturated rings. The Bertz CT molecular complexity index is 1350. The van der Waals surface area contributed by atoms with Gasteiger partial charge in [-0.05, 0) is 68.3 Å². The molecule has 0 bridgehead atoms. The van der Waals surface area contributed by atoms with Crippen molar-refractivity contribution in [1.82, 2.24) is 9.80 Å². The zero-order chi connectivity index (χ0) is 23.9. The van der Waals surface area contributed by atoms with Crippen LogP contribution in [0.4, 0.5) is 5.69 Å². The normalized spacial score (nSPS) is 16.5. The van der Waals surface area contributed by atoms with Gasteiger partial charge in [0.15, 0.2) is 17.2 Å². The smallest absolute Gasteiger partial charge is 0.254 e. The summed E-state index contributed by atoms with van der Waals surface area (Å²) in [5, 5.41) is 0. The molecule has 3 aromatic carbocycles. The molecule has 1 amide bonds. The number of nitrogens with zero attached hydrogens (tertiary/aromatic N) is 3. The monoisotopic (exact) mass is 469 g/mol. The number of ether oxygens (including phenoxy) is 3. The van der Waals surface area contributed by atoms with Gasteiger partial charge in [-0.3, -0.25) is 4.79 Å². The van der Waals surface area contributed by atoms with E-state index in [0.29, 0.717) is 36.7 Å². The Morgan fingerprint density at radius 2 is 1.60 bits per heavy atom. The number of amidine groups is 1. The minimum absolute atomic E-state index is 0.00774. The summed E-state index contributed by atoms with van der Waals surface area (Å²) in [5.74, 6) is 3.77. The van der Waals surface area contributed by atoms with Gasteiger partial charge in [0.1, 0.15) is 17.3 Å². The fourth-order valence-corrected chi connectivity index (χ4v) is 4.78. The van der Waals surface area contributed by atoms with E-state index < -0.39 is 0 Å². The van der Waals surface area contributed by atoms with Crippen molar-refractivity contribution in [1.29, 1.82) is 0 Å². The molecule has 7 heteroatoms. The van der Waals surface area contributed by atoms with Gasteiger partial charge in [-0.15, -0.1) is 0 Å². The highest BCUT2D eigenvalue weighted by Gasteiger charge is 2.27. The largest absolute Gasteiger partial charge is 0.454 e. The first kappa shape index (κ1) is 21.5. The summed E-state index contributed by atoms with van der Waals surface area (Å²) < 4.78 is 17.2. The number of aliphatic imine (C=N–C) groups is 1. The molecule has 6 rings (SSSR count). The van der Waals surface area contributed by atoms with Crippen molar-refractivity contribution < 1.29 is 19.0 Å². The van der Waals surface area contributed by atoms with E-state index in [1.54, 1.807) is 12.1 Å². The van der Waals surface area contributed by atoms with Crippen molar-refractivity contribution in [2.45, 2.75) is 20.3 Å². The fraction of sp³-hybridized carbons (Fsp3) is 0.286. The topological polar surface area (TPSA) is 63.6 Å². The lowest BCUT2D eigenvalue weighted by molar-refractivity contribution is 0.0763. The van der Waals surface area contributed by atoms with Crippen LogP contribution in [0, 0.1) is 13.8 Å². The maximum absolute atomic E-state index is 13.3. The second-order valence-electron chi connectivity index (χ2n) is 9.21. The molecule has 3 heterocycles. The quantitative estimate of drug-likeness (QED) is 0.498. The molecule has 0 unspecified atom stereocenters. The number of amides is 1. The number of fused-ring (bicyclic) bond motifs is 3. The van der Waals surface area contributed by atoms with Gasteiger partial charge in [0, 0.05) is 31.7 Å². The molecule has 1 saturated heterocycles. The van der Waals surface area contributed by atoms with Crippen LogP contribution in [0.1, 0.15) is 33.5 Å². The van der Waals surface area contributed by atoms with Crippen molar-refractivity contribution in [2.75, 3.05) is 33.0 Å². The number of rotatable bonds is 1. The van der Waals surface area contributed by atoms with Crippen LogP contribution in [0.3, 0.4) is 0 Å². The van der Waals surface area contributed by atoms with E-state index in [4.69, 9.17) is 19.2 Å². The third-order valence-electron chi connectivity index (χ3n) is 6.64. The lowest BCUT2D eigenvalue weighted by atomic mass is 10.1. The standard InChI is InChI=1S/C28H27N3O4/c1-18-5-8-23-21(14-18)27(29-22-7-4-19(2)15-25(22)35-23)30-10-3-11-31(13-12-30)28(32)20-6-9-24-26(16-20)34-17-33-24/h4-9,14-16H,3,10-13,17H2,1-2H3. The number of benzene rings is 3. The zero-order valence-corrected chi connectivity index (χ0v) is 19.9. The second kappa shape index (κ2) is 8.65. The first-order valence-corrected chi connectivity index (χ1v) is 12.0. The molecule has 178 valence electrons. The molecule has 0 aromatic heterocycles. The van der Waals surface area contributed by atoms with E-state index in [0.717, 1.165) is 52.7 Å². The van der Waals surface area contributed by atoms with Gasteiger partial charge in [-0.2, -0.15) is 0 Å². The lowest BCUT2D eigenvalue weighted by Crippen LogP contribution is -2.37. The molecule has 0 radical (unpaired) electrons. The number of hydrogen-bond acceptors (Lipinski definition) is 6. The molecular weight excluding hydrogens is 442 g/mol. The molecule has 0 saturated carbocycles. The molecule has 35 heavy (non-hydrogen) atoms. The molecule has 0 N–H and O–H groups in total. The van der Waals surface area contributed by atoms with Crippen LogP contribution in [0.25, 0.3) is 0 Å². The van der Waals surface area contributed by atoms with Gasteiger partial charge in [0.05, 0.1) is 5.56 Å². The van der Waals surface area contributed by atoms with E-state index in [-0.39, 0.29) is 12.7 Å². The lowest BCUT2D eigenvalue weighted by Gasteiger charge is -2.25. The van der Waals surface area contributed by atoms with E-state index in [1.165, 1.54) is 0 Å². The summed E-state index contributed by atoms with van der Waals surface area (Å²) in [6.45, 7) is 7.10. The third-order valence-corrected chi connectivity index (χ3v) is 6.64. The average Bonchev–Trinajstić information content (AvgIpc) is 3.11. The van der Waals surface area contributed by atoms with Gasteiger partial charge in [-0.1, -0.05) is 17.7 Å². The maximum Gasteiger partial charge on any atom is 0.254 e. The van der Waals surface area contributed by atoms with Gasteiger partial charge in [0.25, 0.3) is 5.91 Å². The molecular formula is C28H27N3O4. The van der Waals surface area contributed by atoms with Crippen LogP contribution in [-0.2, 0) is 0 Å². The van der Waals surface area contributed by atoms with Crippen molar-refractivity contribution in [3.63, 3.8) is 0 Å². The number of hydrogen-bond donors (Lipinski definition) is 0. The molecule has 0 aliphatic carbocycles. The van der Waals surface area contributed by atoms with E-state index in [2.05, 4.69) is 36.9 Å². The highest BCUT2D eigenvalue weighted by Crippen LogP contribution is 2.39. The molecule has 3 aliphatic heterocycles. The van der Waals surface area contributed by atoms with Crippen LogP contribution in [0.2, 0.25) is 0 Å². The molecule has 0 spiro atoms. The number of aryl methyl sites for hydroxylation is 2. The van der Waals surface area contributed by atoms with Gasteiger partial charge < -0.3 is 24.0 Å². The second-order valence-corrected chi connectivity index (χ2v) is 9.21. The molecule has 3 aromatic rings. The van der Waals surface area contributed by atoms with Gasteiger partial charge in [-0.25, -0.2) is 4.99 Å². The minimum atomic E-state index is 0.00774. The summed E-state index contributed by atoms with van der Waals surface area (Å²) in [6.07, 6.45) is 0.845. The number of carbonyl (C=O) groups is 1. The first-order valence-electron chi connectivity index (χ1n) is 12.0. The third kappa shape index (κ3) is 4.07. The van der Waals surface area contributed by atoms with Crippen LogP contribution >= 0.6 is 0 Å². The summed E-state index contributed by atoms with van der Waals surface area (Å²) in [6, 6.07) is 17.7. The SMILES string of the molecule is Cc1ccc2c(c1)Oc1ccc(C)cc1C(N1CCCN(C(=O)c3ccc4c(c3)OCO4)CC1)=N2. The van der Waals surface area contributed by atoms with E-state index in [9.17, 15) is 4.79 Å². The van der Waals surface area contributed by atoms with Crippen LogP contribution in [0.5, 0.6) is 23.0 Å². The Labute approximate surface area is 204 Å². The predicted octanol–water partition coefficient (Wildman–Crippen LogP) is 5.06. The van der Waals surface area contributed by atoms with Crippen molar-refractivity contribution in [2.24, 2.45) is 4.99 Å². The highest BCUT2D eigenvalue weighted by atomic mass is 16.7. The predicted molar refractivity (Wildman–Crippen MR) is 133 cm³/mol. The Balaban J connectivity index is 1.29. The van der Waals surface area contributed by atoms with E-state index in [1.807, 2.05) is 29.2 Å². The minimum Gasteiger partial charge on any atom is -0.454 e. The Hall–Kier alpha value is -4.00. The zero-order valence-electron chi connectivity index (χ0n) is 19.9. The highest BCUT2D eigenvalue weighted by molar-refractivity contribution is 6.04. The van der Waals surface area contributed by atoms with Crippen molar-refractivity contribution >= 4 is 17.4 Å². The first-order chi connectivity index (χ1) is 17.0. The average molecular weight is 470 g/mol. The Kier molecular flexibility index (Phi) is 5.32. The van der Waals surface area contributed by atoms with Crippen LogP contribution < -0.4 is 14.2 Å². The van der Waals surface area contributed by atoms with Crippen molar-refractivity contribution in [3.05, 3.63) is 76.9 Å². The van der Waals surface area contributed by atoms with Crippen LogP contribution in [-0.4, -0.2) is 54.5 Å². The Morgan fingerprint density at radius 3 is 2.51 bits per heavy atom. The summed E-state index contributed by atoms with van der Waals surface area (Å²) >= 11 is 0. The van der Waals surface area contributed by atoms with Crippen LogP contribution in [0.15, 0.2) is 59.6 Å². The molecule has 3 aliphatic rings. The summed E-state index contributed by atoms with van der Waals surface area (Å²) in [5.41, 5.74) is 4.69. The van der Waals surface area contributed by atoms with Crippen molar-refractivity contribution in [3.8, 4) is 23.0 Å². The van der Waals surface area contributed by atoms with Gasteiger partial charge in [0.2, 0.25) is 6.79 Å². The Morgan fingerprint density at radius 1 is 0.800 bits per heavy atom. The fourth-order valence-electron chi connectivity index (χ4n) is 4.78. The van der Waals surface area contributed by atoms with E-state index >= 15 is 0 Å². The molecule has 0 atom stereocenters. The van der Waals surface area contributed by atoms with Gasteiger partial charge >= 0.3 is 0 Å². The summed E-state index contributed by atoms with van der Waals surface area (Å²) in [7, 11) is 0.